The zero-order chi connectivity index (χ0) is 24.2. The molecule has 178 valence electrons. The molecule has 0 atom stereocenters. The molecule has 2 aromatic carbocycles. The minimum Gasteiger partial charge on any atom is -0.494 e. The number of aryl methyl sites for hydroxylation is 1. The van der Waals surface area contributed by atoms with Gasteiger partial charge >= 0.3 is 0 Å². The number of benzene rings is 2. The van der Waals surface area contributed by atoms with Crippen molar-refractivity contribution in [1.82, 2.24) is 4.90 Å². The molecule has 2 heterocycles. The maximum Gasteiger partial charge on any atom is 0.294 e. The first kappa shape index (κ1) is 23.8. The van der Waals surface area contributed by atoms with E-state index in [4.69, 9.17) is 4.74 Å². The topological polar surface area (TPSA) is 79.0 Å². The summed E-state index contributed by atoms with van der Waals surface area (Å²) in [6.07, 6.45) is 3.60. The lowest BCUT2D eigenvalue weighted by atomic mass is 10.1. The number of carbonyl (C=O) groups excluding carboxylic acids is 3. The number of halogens is 1. The van der Waals surface area contributed by atoms with Crippen LogP contribution < -0.4 is 15.0 Å². The van der Waals surface area contributed by atoms with Crippen molar-refractivity contribution in [2.75, 3.05) is 36.5 Å². The normalized spacial score (nSPS) is 17.1. The van der Waals surface area contributed by atoms with Crippen molar-refractivity contribution in [2.24, 2.45) is 0 Å². The van der Waals surface area contributed by atoms with Crippen LogP contribution in [0.15, 0.2) is 41.3 Å². The number of thioether (sulfide) groups is 1. The number of rotatable bonds is 7. The summed E-state index contributed by atoms with van der Waals surface area (Å²) in [7, 11) is 0. The molecule has 3 amide bonds. The van der Waals surface area contributed by atoms with Gasteiger partial charge in [0.1, 0.15) is 18.1 Å². The average molecular weight is 484 g/mol. The predicted molar refractivity (Wildman–Crippen MR) is 132 cm³/mol. The van der Waals surface area contributed by atoms with Crippen LogP contribution in [0.25, 0.3) is 6.08 Å². The molecule has 1 N–H and O–H groups in total. The Hall–Kier alpha value is -3.33. The van der Waals surface area contributed by atoms with Crippen LogP contribution in [0, 0.1) is 12.7 Å². The predicted octanol–water partition coefficient (Wildman–Crippen LogP) is 4.81. The van der Waals surface area contributed by atoms with Crippen LogP contribution in [0.4, 0.5) is 20.6 Å². The first-order valence-electron chi connectivity index (χ1n) is 11.2. The summed E-state index contributed by atoms with van der Waals surface area (Å²) < 4.78 is 20.1. The fourth-order valence-corrected chi connectivity index (χ4v) is 4.79. The molecule has 2 aliphatic heterocycles. The highest BCUT2D eigenvalue weighted by Gasteiger charge is 2.36. The molecule has 2 aromatic rings. The molecule has 34 heavy (non-hydrogen) atoms. The van der Waals surface area contributed by atoms with Gasteiger partial charge in [-0.05, 0) is 92.1 Å². The largest absolute Gasteiger partial charge is 0.494 e. The van der Waals surface area contributed by atoms with Crippen LogP contribution in [0.3, 0.4) is 0 Å². The van der Waals surface area contributed by atoms with Crippen LogP contribution in [-0.4, -0.2) is 48.2 Å². The van der Waals surface area contributed by atoms with Gasteiger partial charge in [0.25, 0.3) is 11.1 Å². The Morgan fingerprint density at radius 2 is 1.88 bits per heavy atom. The summed E-state index contributed by atoms with van der Waals surface area (Å²) in [4.78, 5) is 40.7. The summed E-state index contributed by atoms with van der Waals surface area (Å²) in [6.45, 7) is 5.51. The van der Waals surface area contributed by atoms with Crippen molar-refractivity contribution in [1.29, 1.82) is 0 Å². The van der Waals surface area contributed by atoms with Gasteiger partial charge in [-0.25, -0.2) is 4.39 Å². The number of hydrogen-bond donors (Lipinski definition) is 1. The highest BCUT2D eigenvalue weighted by atomic mass is 32.2. The second-order valence-electron chi connectivity index (χ2n) is 8.13. The van der Waals surface area contributed by atoms with Gasteiger partial charge < -0.3 is 15.0 Å². The van der Waals surface area contributed by atoms with Gasteiger partial charge in [0.2, 0.25) is 5.91 Å². The maximum atomic E-state index is 14.8. The summed E-state index contributed by atoms with van der Waals surface area (Å²) in [5.41, 5.74) is 2.43. The molecule has 9 heteroatoms. The third kappa shape index (κ3) is 5.25. The van der Waals surface area contributed by atoms with Crippen LogP contribution in [0.5, 0.6) is 5.75 Å². The number of hydrogen-bond acceptors (Lipinski definition) is 6. The molecule has 0 saturated carbocycles. The fraction of sp³-hybridized carbons (Fsp3) is 0.320. The van der Waals surface area contributed by atoms with Gasteiger partial charge in [-0.2, -0.15) is 0 Å². The zero-order valence-electron chi connectivity index (χ0n) is 19.1. The lowest BCUT2D eigenvalue weighted by Gasteiger charge is -2.19. The minimum absolute atomic E-state index is 0.162. The van der Waals surface area contributed by atoms with E-state index in [2.05, 4.69) is 5.32 Å². The van der Waals surface area contributed by atoms with Crippen molar-refractivity contribution in [3.63, 3.8) is 0 Å². The molecule has 0 aliphatic carbocycles. The number of anilines is 2. The van der Waals surface area contributed by atoms with Crippen LogP contribution in [0.2, 0.25) is 0 Å². The lowest BCUT2D eigenvalue weighted by Crippen LogP contribution is -2.36. The number of ether oxygens (including phenoxy) is 1. The monoisotopic (exact) mass is 483 g/mol. The van der Waals surface area contributed by atoms with Gasteiger partial charge in [-0.3, -0.25) is 19.3 Å². The van der Waals surface area contributed by atoms with Crippen molar-refractivity contribution < 1.29 is 23.5 Å². The van der Waals surface area contributed by atoms with Gasteiger partial charge in [-0.1, -0.05) is 0 Å². The van der Waals surface area contributed by atoms with Crippen LogP contribution >= 0.6 is 11.8 Å². The molecule has 2 aliphatic rings. The van der Waals surface area contributed by atoms with Gasteiger partial charge in [0.05, 0.1) is 17.2 Å². The van der Waals surface area contributed by atoms with Crippen molar-refractivity contribution in [3.8, 4) is 5.75 Å². The molecule has 0 spiro atoms. The van der Waals surface area contributed by atoms with Crippen LogP contribution in [0.1, 0.15) is 30.9 Å². The van der Waals surface area contributed by atoms with E-state index in [9.17, 15) is 18.8 Å². The van der Waals surface area contributed by atoms with E-state index in [0.717, 1.165) is 48.2 Å². The molecule has 0 bridgehead atoms. The van der Waals surface area contributed by atoms with Gasteiger partial charge in [-0.15, -0.1) is 0 Å². The third-order valence-corrected chi connectivity index (χ3v) is 6.60. The zero-order valence-corrected chi connectivity index (χ0v) is 19.9. The standard InChI is InChI=1S/C25H26FN3O4S/c1-3-33-19-8-6-18(7-9-19)27-23(30)15-29-24(31)22(34-25(29)32)14-17-13-20(26)21(12-16(17)2)28-10-4-5-11-28/h6-9,12-14H,3-5,10-11,15H2,1-2H3,(H,27,30)/b22-14-. The summed E-state index contributed by atoms with van der Waals surface area (Å²) >= 11 is 0.746. The third-order valence-electron chi connectivity index (χ3n) is 5.69. The molecule has 4 rings (SSSR count). The molecular formula is C25H26FN3O4S. The van der Waals surface area contributed by atoms with Crippen LogP contribution in [-0.2, 0) is 9.59 Å². The second-order valence-corrected chi connectivity index (χ2v) is 9.12. The highest BCUT2D eigenvalue weighted by Crippen LogP contribution is 2.34. The molecular weight excluding hydrogens is 457 g/mol. The van der Waals surface area contributed by atoms with Crippen molar-refractivity contribution in [2.45, 2.75) is 26.7 Å². The maximum absolute atomic E-state index is 14.8. The number of imide groups is 1. The quantitative estimate of drug-likeness (QED) is 0.570. The Morgan fingerprint density at radius 3 is 2.56 bits per heavy atom. The van der Waals surface area contributed by atoms with E-state index in [1.807, 2.05) is 18.7 Å². The molecule has 0 aromatic heterocycles. The second kappa shape index (κ2) is 10.3. The Kier molecular flexibility index (Phi) is 7.21. The minimum atomic E-state index is -0.569. The number of amides is 3. The summed E-state index contributed by atoms with van der Waals surface area (Å²) in [5, 5.41) is 2.13. The van der Waals surface area contributed by atoms with E-state index in [1.54, 1.807) is 30.3 Å². The molecule has 0 radical (unpaired) electrons. The highest BCUT2D eigenvalue weighted by molar-refractivity contribution is 8.18. The molecule has 2 saturated heterocycles. The molecule has 7 nitrogen and oxygen atoms in total. The van der Waals surface area contributed by atoms with E-state index < -0.39 is 23.6 Å². The smallest absolute Gasteiger partial charge is 0.294 e. The van der Waals surface area contributed by atoms with Crippen molar-refractivity contribution in [3.05, 3.63) is 58.2 Å². The number of nitrogens with one attached hydrogen (secondary N) is 1. The van der Waals surface area contributed by atoms with E-state index in [1.165, 1.54) is 12.1 Å². The number of nitrogens with zero attached hydrogens (tertiary/aromatic N) is 2. The Balaban J connectivity index is 1.44. The first-order valence-corrected chi connectivity index (χ1v) is 12.0. The van der Waals surface area contributed by atoms with Gasteiger partial charge in [0, 0.05) is 18.8 Å². The average Bonchev–Trinajstić information content (AvgIpc) is 3.42. The fourth-order valence-electron chi connectivity index (χ4n) is 3.96. The first-order chi connectivity index (χ1) is 16.4. The summed E-state index contributed by atoms with van der Waals surface area (Å²) in [6, 6.07) is 9.98. The Bertz CT molecular complexity index is 1140. The van der Waals surface area contributed by atoms with E-state index in [0.29, 0.717) is 29.3 Å². The lowest BCUT2D eigenvalue weighted by molar-refractivity contribution is -0.127. The van der Waals surface area contributed by atoms with Gasteiger partial charge in [0.15, 0.2) is 0 Å². The summed E-state index contributed by atoms with van der Waals surface area (Å²) in [5.74, 6) is -0.741. The SMILES string of the molecule is CCOc1ccc(NC(=O)CN2C(=O)S/C(=C\c3cc(F)c(N4CCCC4)cc3C)C2=O)cc1. The van der Waals surface area contributed by atoms with E-state index in [-0.39, 0.29) is 10.7 Å². The molecule has 2 fully saturated rings. The van der Waals surface area contributed by atoms with Crippen molar-refractivity contribution >= 4 is 46.3 Å². The Morgan fingerprint density at radius 1 is 1.18 bits per heavy atom. The van der Waals surface area contributed by atoms with E-state index >= 15 is 0 Å². The molecule has 0 unspecified atom stereocenters. The number of carbonyl (C=O) groups is 3. The Labute approximate surface area is 201 Å².